The van der Waals surface area contributed by atoms with Crippen LogP contribution in [0.25, 0.3) is 0 Å². The summed E-state index contributed by atoms with van der Waals surface area (Å²) in [7, 11) is 0. The molecule has 0 radical (unpaired) electrons. The lowest BCUT2D eigenvalue weighted by Crippen LogP contribution is -2.18. The van der Waals surface area contributed by atoms with Gasteiger partial charge in [0, 0.05) is 0 Å². The minimum Gasteiger partial charge on any atom is -0.366 e. The van der Waals surface area contributed by atoms with Crippen molar-refractivity contribution in [3.63, 3.8) is 0 Å². The average Bonchev–Trinajstić information content (AvgIpc) is 2.48. The summed E-state index contributed by atoms with van der Waals surface area (Å²) in [4.78, 5) is 26.5. The standard InChI is InChI=1S/C14H11N5O2/c15-13(20)9-5-1-3-7-11(9)17-14(21)10-6-2-4-8-12(10)18-19-16/h1-8,16H,(H2-,15,17,20,21)/p+1. The number of hydrogen-bond donors (Lipinski definition) is 3. The van der Waals surface area contributed by atoms with Crippen molar-refractivity contribution in [3.8, 4) is 0 Å². The highest BCUT2D eigenvalue weighted by atomic mass is 16.2. The van der Waals surface area contributed by atoms with Gasteiger partial charge in [-0.1, -0.05) is 24.3 Å². The molecule has 0 saturated carbocycles. The van der Waals surface area contributed by atoms with Gasteiger partial charge in [0.15, 0.2) is 10.8 Å². The van der Waals surface area contributed by atoms with Crippen LogP contribution in [0.5, 0.6) is 0 Å². The predicted molar refractivity (Wildman–Crippen MR) is 76.3 cm³/mol. The van der Waals surface area contributed by atoms with Gasteiger partial charge in [-0.05, 0) is 24.3 Å². The summed E-state index contributed by atoms with van der Waals surface area (Å²) >= 11 is 0. The summed E-state index contributed by atoms with van der Waals surface area (Å²) in [5.74, 6) is -1.10. The van der Waals surface area contributed by atoms with Gasteiger partial charge in [0.2, 0.25) is 4.91 Å². The summed E-state index contributed by atoms with van der Waals surface area (Å²) in [6, 6.07) is 12.9. The number of carbonyl (C=O) groups is 2. The molecule has 2 aromatic rings. The van der Waals surface area contributed by atoms with Crippen LogP contribution in [0.3, 0.4) is 0 Å². The Morgan fingerprint density at radius 3 is 2.33 bits per heavy atom. The van der Waals surface area contributed by atoms with Crippen LogP contribution in [0.2, 0.25) is 0 Å². The van der Waals surface area contributed by atoms with E-state index in [-0.39, 0.29) is 16.8 Å². The van der Waals surface area contributed by atoms with Gasteiger partial charge in [-0.3, -0.25) is 9.59 Å². The van der Waals surface area contributed by atoms with E-state index in [0.717, 1.165) is 0 Å². The maximum absolute atomic E-state index is 12.3. The molecule has 0 spiro atoms. The molecule has 21 heavy (non-hydrogen) atoms. The number of nitrogens with zero attached hydrogens (tertiary/aromatic N) is 2. The topological polar surface area (TPSA) is 122 Å². The number of hydrogen-bond acceptors (Lipinski definition) is 4. The summed E-state index contributed by atoms with van der Waals surface area (Å²) in [5, 5.41) is 6.17. The van der Waals surface area contributed by atoms with E-state index in [1.807, 2.05) is 0 Å². The molecule has 0 saturated heterocycles. The van der Waals surface area contributed by atoms with E-state index in [2.05, 4.69) is 15.3 Å². The molecule has 0 bridgehead atoms. The van der Waals surface area contributed by atoms with E-state index < -0.39 is 11.8 Å². The third-order valence-electron chi connectivity index (χ3n) is 2.75. The van der Waals surface area contributed by atoms with Crippen molar-refractivity contribution < 1.29 is 9.59 Å². The Bertz CT molecular complexity index is 751. The minimum atomic E-state index is -0.634. The number of rotatable bonds is 4. The molecule has 7 heteroatoms. The van der Waals surface area contributed by atoms with Crippen LogP contribution in [0.15, 0.2) is 53.6 Å². The first kappa shape index (κ1) is 14.1. The van der Waals surface area contributed by atoms with Crippen LogP contribution in [0, 0.1) is 5.53 Å². The smallest absolute Gasteiger partial charge is 0.258 e. The lowest BCUT2D eigenvalue weighted by Gasteiger charge is -2.08. The number of para-hydroxylation sites is 1. The molecule has 0 fully saturated rings. The normalized spacial score (nSPS) is 9.52. The van der Waals surface area contributed by atoms with E-state index in [0.29, 0.717) is 5.69 Å². The van der Waals surface area contributed by atoms with Crippen LogP contribution in [-0.4, -0.2) is 11.8 Å². The monoisotopic (exact) mass is 282 g/mol. The Balaban J connectivity index is 2.35. The Morgan fingerprint density at radius 1 is 1.05 bits per heavy atom. The second-order valence-electron chi connectivity index (χ2n) is 4.08. The number of anilines is 1. The third-order valence-corrected chi connectivity index (χ3v) is 2.75. The second kappa shape index (κ2) is 6.23. The molecule has 0 heterocycles. The maximum Gasteiger partial charge on any atom is 0.258 e. The van der Waals surface area contributed by atoms with Crippen LogP contribution >= 0.6 is 0 Å². The number of amides is 2. The van der Waals surface area contributed by atoms with Crippen molar-refractivity contribution in [2.75, 3.05) is 5.32 Å². The van der Waals surface area contributed by atoms with Gasteiger partial charge in [-0.15, -0.1) is 0 Å². The van der Waals surface area contributed by atoms with Gasteiger partial charge < -0.3 is 11.1 Å². The van der Waals surface area contributed by atoms with E-state index in [1.54, 1.807) is 42.5 Å². The highest BCUT2D eigenvalue weighted by molar-refractivity contribution is 6.10. The fourth-order valence-corrected chi connectivity index (χ4v) is 1.80. The van der Waals surface area contributed by atoms with E-state index in [1.165, 1.54) is 6.07 Å². The Hall–Kier alpha value is -3.31. The van der Waals surface area contributed by atoms with Crippen molar-refractivity contribution in [3.05, 3.63) is 59.7 Å². The first-order chi connectivity index (χ1) is 10.1. The van der Waals surface area contributed by atoms with Gasteiger partial charge >= 0.3 is 0 Å². The van der Waals surface area contributed by atoms with Gasteiger partial charge in [0.05, 0.1) is 16.8 Å². The molecule has 2 rings (SSSR count). The molecular weight excluding hydrogens is 270 g/mol. The van der Waals surface area contributed by atoms with Crippen LogP contribution in [-0.2, 0) is 0 Å². The summed E-state index contributed by atoms with van der Waals surface area (Å²) in [6.07, 6.45) is 0. The molecule has 0 aliphatic heterocycles. The number of nitrogens with one attached hydrogen (secondary N) is 2. The number of carbonyl (C=O) groups excluding carboxylic acids is 2. The van der Waals surface area contributed by atoms with Crippen molar-refractivity contribution in [1.29, 1.82) is 5.53 Å². The van der Waals surface area contributed by atoms with Crippen molar-refractivity contribution in [2.45, 2.75) is 0 Å². The molecule has 2 aromatic carbocycles. The Morgan fingerprint density at radius 2 is 1.67 bits per heavy atom. The largest absolute Gasteiger partial charge is 0.366 e. The molecule has 0 aliphatic rings. The molecular formula is C14H12N5O2+. The molecule has 2 amide bonds. The number of nitrogens with two attached hydrogens (primary N) is 1. The fraction of sp³-hybridized carbons (Fsp3) is 0. The molecule has 0 unspecified atom stereocenters. The summed E-state index contributed by atoms with van der Waals surface area (Å²) < 4.78 is 0. The van der Waals surface area contributed by atoms with E-state index in [9.17, 15) is 9.59 Å². The Labute approximate surface area is 120 Å². The SMILES string of the molecule is N=[N+]=Nc1ccccc1C(=O)Nc1ccccc1C(N)=O. The van der Waals surface area contributed by atoms with Crippen LogP contribution in [0.1, 0.15) is 20.7 Å². The quantitative estimate of drug-likeness (QED) is 0.588. The molecule has 4 N–H and O–H groups in total. The zero-order chi connectivity index (χ0) is 15.2. The highest BCUT2D eigenvalue weighted by Gasteiger charge is 2.16. The van der Waals surface area contributed by atoms with Crippen LogP contribution < -0.4 is 16.0 Å². The van der Waals surface area contributed by atoms with Gasteiger partial charge in [0.1, 0.15) is 5.53 Å². The lowest BCUT2D eigenvalue weighted by molar-refractivity contribution is 0.100. The molecule has 0 atom stereocenters. The van der Waals surface area contributed by atoms with E-state index in [4.69, 9.17) is 11.3 Å². The van der Waals surface area contributed by atoms with Gasteiger partial charge in [-0.2, -0.15) is 0 Å². The summed E-state index contributed by atoms with van der Waals surface area (Å²) in [6.45, 7) is 0. The van der Waals surface area contributed by atoms with Crippen molar-refractivity contribution in [2.24, 2.45) is 10.8 Å². The predicted octanol–water partition coefficient (Wildman–Crippen LogP) is 2.22. The zero-order valence-corrected chi connectivity index (χ0v) is 10.9. The van der Waals surface area contributed by atoms with Crippen LogP contribution in [0.4, 0.5) is 11.4 Å². The lowest BCUT2D eigenvalue weighted by atomic mass is 10.1. The molecule has 0 aliphatic carbocycles. The first-order valence-corrected chi connectivity index (χ1v) is 6.00. The second-order valence-corrected chi connectivity index (χ2v) is 4.08. The van der Waals surface area contributed by atoms with E-state index >= 15 is 0 Å². The van der Waals surface area contributed by atoms with Crippen molar-refractivity contribution >= 4 is 23.2 Å². The molecule has 7 nitrogen and oxygen atoms in total. The minimum absolute atomic E-state index is 0.213. The zero-order valence-electron chi connectivity index (χ0n) is 10.9. The third kappa shape index (κ3) is 3.17. The van der Waals surface area contributed by atoms with Gasteiger partial charge in [-0.25, -0.2) is 0 Å². The van der Waals surface area contributed by atoms with Gasteiger partial charge in [0.25, 0.3) is 11.8 Å². The molecule has 0 aromatic heterocycles. The highest BCUT2D eigenvalue weighted by Crippen LogP contribution is 2.21. The fourth-order valence-electron chi connectivity index (χ4n) is 1.80. The summed E-state index contributed by atoms with van der Waals surface area (Å²) in [5.41, 5.74) is 13.0. The number of benzene rings is 2. The van der Waals surface area contributed by atoms with Crippen molar-refractivity contribution in [1.82, 2.24) is 4.91 Å². The first-order valence-electron chi connectivity index (χ1n) is 6.00. The molecule has 104 valence electrons. The number of primary amides is 1. The average molecular weight is 282 g/mol. The maximum atomic E-state index is 12.3. The Kier molecular flexibility index (Phi) is 4.18.